The number of nitrogens with zero attached hydrogens (tertiary/aromatic N) is 2. The fourth-order valence-electron chi connectivity index (χ4n) is 4.07. The summed E-state index contributed by atoms with van der Waals surface area (Å²) in [5.41, 5.74) is 2.15. The molecule has 24 heavy (non-hydrogen) atoms. The van der Waals surface area contributed by atoms with Gasteiger partial charge in [0.2, 0.25) is 0 Å². The summed E-state index contributed by atoms with van der Waals surface area (Å²) in [7, 11) is 1.97. The zero-order valence-corrected chi connectivity index (χ0v) is 15.3. The van der Waals surface area contributed by atoms with Gasteiger partial charge in [-0.1, -0.05) is 38.3 Å². The monoisotopic (exact) mass is 328 g/mol. The van der Waals surface area contributed by atoms with E-state index in [0.717, 1.165) is 30.9 Å². The highest BCUT2D eigenvalue weighted by Crippen LogP contribution is 2.23. The molecule has 0 spiro atoms. The molecule has 1 saturated heterocycles. The van der Waals surface area contributed by atoms with Gasteiger partial charge < -0.3 is 4.90 Å². The quantitative estimate of drug-likeness (QED) is 0.821. The average Bonchev–Trinajstić information content (AvgIpc) is 2.64. The van der Waals surface area contributed by atoms with Gasteiger partial charge in [0.1, 0.15) is 0 Å². The van der Waals surface area contributed by atoms with Crippen LogP contribution in [0.5, 0.6) is 0 Å². The Bertz CT molecular complexity index is 525. The number of carbonyl (C=O) groups excluding carboxylic acids is 1. The van der Waals surface area contributed by atoms with Gasteiger partial charge in [-0.15, -0.1) is 0 Å². The molecule has 3 rings (SSSR count). The van der Waals surface area contributed by atoms with Gasteiger partial charge in [0.25, 0.3) is 5.91 Å². The second-order valence-corrected chi connectivity index (χ2v) is 7.86. The number of piperidine rings is 1. The summed E-state index contributed by atoms with van der Waals surface area (Å²) in [4.78, 5) is 17.2. The average molecular weight is 329 g/mol. The third kappa shape index (κ3) is 4.38. The molecule has 132 valence electrons. The van der Waals surface area contributed by atoms with E-state index in [2.05, 4.69) is 24.0 Å². The van der Waals surface area contributed by atoms with Crippen molar-refractivity contribution in [3.63, 3.8) is 0 Å². The van der Waals surface area contributed by atoms with Crippen molar-refractivity contribution in [2.45, 2.75) is 64.5 Å². The van der Waals surface area contributed by atoms with Crippen LogP contribution in [0.25, 0.3) is 0 Å². The van der Waals surface area contributed by atoms with E-state index in [1.54, 1.807) is 0 Å². The molecule has 0 bridgehead atoms. The van der Waals surface area contributed by atoms with Gasteiger partial charge in [-0.05, 0) is 62.4 Å². The van der Waals surface area contributed by atoms with Gasteiger partial charge >= 0.3 is 0 Å². The van der Waals surface area contributed by atoms with Crippen molar-refractivity contribution in [2.75, 3.05) is 20.1 Å². The van der Waals surface area contributed by atoms with E-state index >= 15 is 0 Å². The van der Waals surface area contributed by atoms with Crippen molar-refractivity contribution < 1.29 is 4.79 Å². The standard InChI is InChI=1S/C21H32N2O/c1-17-12-14-23(15-13-17)16-18-8-10-19(11-9-18)21(24)22(2)20-6-4-3-5-7-20/h8-11,17,20H,3-7,12-16H2,1-2H3. The second kappa shape index (κ2) is 8.15. The Morgan fingerprint density at radius 1 is 1.04 bits per heavy atom. The highest BCUT2D eigenvalue weighted by molar-refractivity contribution is 5.94. The lowest BCUT2D eigenvalue weighted by molar-refractivity contribution is 0.0696. The fourth-order valence-corrected chi connectivity index (χ4v) is 4.07. The number of benzene rings is 1. The molecule has 0 aromatic heterocycles. The Hall–Kier alpha value is -1.35. The molecule has 1 amide bonds. The minimum Gasteiger partial charge on any atom is -0.339 e. The van der Waals surface area contributed by atoms with Gasteiger partial charge in [0.15, 0.2) is 0 Å². The highest BCUT2D eigenvalue weighted by atomic mass is 16.2. The molecule has 0 N–H and O–H groups in total. The highest BCUT2D eigenvalue weighted by Gasteiger charge is 2.23. The van der Waals surface area contributed by atoms with Gasteiger partial charge in [0.05, 0.1) is 0 Å². The topological polar surface area (TPSA) is 23.6 Å². The molecule has 1 aromatic carbocycles. The van der Waals surface area contributed by atoms with Crippen molar-refractivity contribution in [2.24, 2.45) is 5.92 Å². The molecule has 2 aliphatic rings. The summed E-state index contributed by atoms with van der Waals surface area (Å²) in [5.74, 6) is 1.05. The molecule has 3 heteroatoms. The molecule has 1 aromatic rings. The lowest BCUT2D eigenvalue weighted by Gasteiger charge is -2.31. The van der Waals surface area contributed by atoms with E-state index in [-0.39, 0.29) is 5.91 Å². The van der Waals surface area contributed by atoms with Crippen LogP contribution in [0.15, 0.2) is 24.3 Å². The first-order valence-corrected chi connectivity index (χ1v) is 9.72. The molecule has 0 radical (unpaired) electrons. The molecule has 0 atom stereocenters. The third-order valence-corrected chi connectivity index (χ3v) is 5.93. The lowest BCUT2D eigenvalue weighted by Crippen LogP contribution is -2.38. The van der Waals surface area contributed by atoms with E-state index in [9.17, 15) is 4.79 Å². The van der Waals surface area contributed by atoms with Gasteiger partial charge in [-0.3, -0.25) is 9.69 Å². The molecule has 1 heterocycles. The number of rotatable bonds is 4. The number of amides is 1. The molecule has 2 fully saturated rings. The largest absolute Gasteiger partial charge is 0.339 e. The number of hydrogen-bond acceptors (Lipinski definition) is 2. The zero-order chi connectivity index (χ0) is 16.9. The predicted octanol–water partition coefficient (Wildman–Crippen LogP) is 4.32. The van der Waals surface area contributed by atoms with Crippen molar-refractivity contribution >= 4 is 5.91 Å². The third-order valence-electron chi connectivity index (χ3n) is 5.93. The number of hydrogen-bond donors (Lipinski definition) is 0. The second-order valence-electron chi connectivity index (χ2n) is 7.86. The minimum atomic E-state index is 0.181. The van der Waals surface area contributed by atoms with Crippen molar-refractivity contribution in [3.05, 3.63) is 35.4 Å². The van der Waals surface area contributed by atoms with Gasteiger partial charge in [-0.2, -0.15) is 0 Å². The summed E-state index contributed by atoms with van der Waals surface area (Å²) in [6.45, 7) is 5.76. The van der Waals surface area contributed by atoms with Crippen molar-refractivity contribution in [1.82, 2.24) is 9.80 Å². The maximum Gasteiger partial charge on any atom is 0.253 e. The molecule has 3 nitrogen and oxygen atoms in total. The number of carbonyl (C=O) groups is 1. The summed E-state index contributed by atoms with van der Waals surface area (Å²) in [6, 6.07) is 8.74. The lowest BCUT2D eigenvalue weighted by atomic mass is 9.94. The van der Waals surface area contributed by atoms with Gasteiger partial charge in [0, 0.05) is 25.2 Å². The van der Waals surface area contributed by atoms with Crippen molar-refractivity contribution in [1.29, 1.82) is 0 Å². The van der Waals surface area contributed by atoms with E-state index < -0.39 is 0 Å². The summed E-state index contributed by atoms with van der Waals surface area (Å²) < 4.78 is 0. The molecular formula is C21H32N2O. The van der Waals surface area contributed by atoms with E-state index in [1.165, 1.54) is 50.8 Å². The zero-order valence-electron chi connectivity index (χ0n) is 15.3. The van der Waals surface area contributed by atoms with Crippen LogP contribution in [0.4, 0.5) is 0 Å². The van der Waals surface area contributed by atoms with Crippen molar-refractivity contribution in [3.8, 4) is 0 Å². The van der Waals surface area contributed by atoms with Crippen LogP contribution in [0, 0.1) is 5.92 Å². The summed E-state index contributed by atoms with van der Waals surface area (Å²) in [6.07, 6.45) is 8.78. The van der Waals surface area contributed by atoms with Crippen LogP contribution in [0.1, 0.15) is 67.8 Å². The van der Waals surface area contributed by atoms with Crippen LogP contribution >= 0.6 is 0 Å². The van der Waals surface area contributed by atoms with Crippen LogP contribution in [0.2, 0.25) is 0 Å². The molecule has 0 unspecified atom stereocenters. The SMILES string of the molecule is CC1CCN(Cc2ccc(C(=O)N(C)C3CCCCC3)cc2)CC1. The summed E-state index contributed by atoms with van der Waals surface area (Å²) >= 11 is 0. The molecule has 1 aliphatic carbocycles. The first-order valence-electron chi connectivity index (χ1n) is 9.72. The Balaban J connectivity index is 1.56. The fraction of sp³-hybridized carbons (Fsp3) is 0.667. The molecule has 1 aliphatic heterocycles. The predicted molar refractivity (Wildman–Crippen MR) is 99.1 cm³/mol. The number of likely N-dealkylation sites (tertiary alicyclic amines) is 1. The van der Waals surface area contributed by atoms with E-state index in [0.29, 0.717) is 6.04 Å². The summed E-state index contributed by atoms with van der Waals surface area (Å²) in [5, 5.41) is 0. The Kier molecular flexibility index (Phi) is 5.94. The minimum absolute atomic E-state index is 0.181. The Morgan fingerprint density at radius 3 is 2.29 bits per heavy atom. The maximum atomic E-state index is 12.7. The molecule has 1 saturated carbocycles. The van der Waals surface area contributed by atoms with Crippen LogP contribution in [-0.4, -0.2) is 41.9 Å². The van der Waals surface area contributed by atoms with Crippen LogP contribution in [0.3, 0.4) is 0 Å². The Labute approximate surface area is 147 Å². The first-order chi connectivity index (χ1) is 11.6. The van der Waals surface area contributed by atoms with Crippen LogP contribution in [-0.2, 0) is 6.54 Å². The normalized spacial score (nSPS) is 20.9. The maximum absolute atomic E-state index is 12.7. The van der Waals surface area contributed by atoms with E-state index in [1.807, 2.05) is 24.1 Å². The van der Waals surface area contributed by atoms with E-state index in [4.69, 9.17) is 0 Å². The Morgan fingerprint density at radius 2 is 1.67 bits per heavy atom. The van der Waals surface area contributed by atoms with Crippen LogP contribution < -0.4 is 0 Å². The first kappa shape index (κ1) is 17.5. The molecular weight excluding hydrogens is 296 g/mol. The smallest absolute Gasteiger partial charge is 0.253 e. The van der Waals surface area contributed by atoms with Gasteiger partial charge in [-0.25, -0.2) is 0 Å².